The van der Waals surface area contributed by atoms with E-state index in [2.05, 4.69) is 4.98 Å². The number of halogens is 1. The Morgan fingerprint density at radius 1 is 1.25 bits per heavy atom. The lowest BCUT2D eigenvalue weighted by Crippen LogP contribution is -2.38. The topological polar surface area (TPSA) is 79.5 Å². The van der Waals surface area contributed by atoms with Crippen LogP contribution in [0.15, 0.2) is 18.2 Å². The van der Waals surface area contributed by atoms with Crippen LogP contribution < -0.4 is 5.73 Å². The van der Waals surface area contributed by atoms with E-state index in [0.717, 1.165) is 13.0 Å². The summed E-state index contributed by atoms with van der Waals surface area (Å²) in [6.45, 7) is 2.82. The van der Waals surface area contributed by atoms with Crippen molar-refractivity contribution >= 4 is 23.4 Å². The molecule has 0 spiro atoms. The van der Waals surface area contributed by atoms with Crippen molar-refractivity contribution in [2.45, 2.75) is 6.42 Å². The molecule has 0 aromatic carbocycles. The largest absolute Gasteiger partial charge is 0.369 e. The molecule has 1 fully saturated rings. The Labute approximate surface area is 122 Å². The number of amides is 2. The molecular weight excluding hydrogens is 280 g/mol. The van der Waals surface area contributed by atoms with E-state index in [-0.39, 0.29) is 18.4 Å². The van der Waals surface area contributed by atoms with Gasteiger partial charge in [-0.05, 0) is 18.6 Å². The molecule has 108 valence electrons. The fraction of sp³-hybridized carbons (Fsp3) is 0.462. The fourth-order valence-electron chi connectivity index (χ4n) is 2.24. The molecular formula is C13H17ClN4O2. The smallest absolute Gasteiger partial charge is 0.272 e. The van der Waals surface area contributed by atoms with Gasteiger partial charge in [-0.3, -0.25) is 14.5 Å². The molecule has 1 saturated heterocycles. The van der Waals surface area contributed by atoms with Crippen molar-refractivity contribution < 1.29 is 9.59 Å². The minimum absolute atomic E-state index is 0.131. The second kappa shape index (κ2) is 6.67. The first-order chi connectivity index (χ1) is 9.56. The lowest BCUT2D eigenvalue weighted by Gasteiger charge is -2.21. The van der Waals surface area contributed by atoms with Crippen molar-refractivity contribution in [3.8, 4) is 0 Å². The van der Waals surface area contributed by atoms with Crippen LogP contribution in [0.25, 0.3) is 0 Å². The summed E-state index contributed by atoms with van der Waals surface area (Å²) in [7, 11) is 0. The van der Waals surface area contributed by atoms with Crippen LogP contribution in [-0.2, 0) is 4.79 Å². The van der Waals surface area contributed by atoms with Crippen LogP contribution >= 0.6 is 11.6 Å². The third-order valence-corrected chi connectivity index (χ3v) is 3.40. The van der Waals surface area contributed by atoms with Crippen LogP contribution in [-0.4, -0.2) is 59.3 Å². The maximum Gasteiger partial charge on any atom is 0.272 e. The first kappa shape index (κ1) is 14.7. The van der Waals surface area contributed by atoms with Crippen LogP contribution in [0, 0.1) is 0 Å². The summed E-state index contributed by atoms with van der Waals surface area (Å²) >= 11 is 5.80. The monoisotopic (exact) mass is 296 g/mol. The Balaban J connectivity index is 1.99. The van der Waals surface area contributed by atoms with Gasteiger partial charge in [-0.25, -0.2) is 4.98 Å². The molecule has 0 saturated carbocycles. The molecule has 20 heavy (non-hydrogen) atoms. The average molecular weight is 297 g/mol. The number of rotatable bonds is 3. The molecule has 0 unspecified atom stereocenters. The highest BCUT2D eigenvalue weighted by molar-refractivity contribution is 6.29. The van der Waals surface area contributed by atoms with E-state index in [9.17, 15) is 9.59 Å². The Morgan fingerprint density at radius 2 is 2.05 bits per heavy atom. The van der Waals surface area contributed by atoms with Crippen molar-refractivity contribution in [2.75, 3.05) is 32.7 Å². The Kier molecular flexibility index (Phi) is 4.92. The van der Waals surface area contributed by atoms with Crippen LogP contribution in [0.2, 0.25) is 5.15 Å². The van der Waals surface area contributed by atoms with Gasteiger partial charge in [-0.15, -0.1) is 0 Å². The molecule has 2 N–H and O–H groups in total. The molecule has 1 aliphatic rings. The van der Waals surface area contributed by atoms with E-state index in [1.807, 2.05) is 4.90 Å². The third-order valence-electron chi connectivity index (χ3n) is 3.19. The van der Waals surface area contributed by atoms with Crippen LogP contribution in [0.3, 0.4) is 0 Å². The Hall–Kier alpha value is -1.66. The van der Waals surface area contributed by atoms with E-state index in [1.54, 1.807) is 23.1 Å². The van der Waals surface area contributed by atoms with Gasteiger partial charge in [0.25, 0.3) is 5.91 Å². The maximum absolute atomic E-state index is 12.3. The van der Waals surface area contributed by atoms with E-state index in [0.29, 0.717) is 30.5 Å². The van der Waals surface area contributed by atoms with Crippen molar-refractivity contribution in [2.24, 2.45) is 5.73 Å². The number of nitrogens with two attached hydrogens (primary N) is 1. The highest BCUT2D eigenvalue weighted by atomic mass is 35.5. The average Bonchev–Trinajstić information content (AvgIpc) is 2.63. The number of hydrogen-bond acceptors (Lipinski definition) is 4. The van der Waals surface area contributed by atoms with Gasteiger partial charge >= 0.3 is 0 Å². The van der Waals surface area contributed by atoms with Crippen molar-refractivity contribution in [3.63, 3.8) is 0 Å². The molecule has 2 rings (SSSR count). The third kappa shape index (κ3) is 3.91. The quantitative estimate of drug-likeness (QED) is 0.817. The second-order valence-corrected chi connectivity index (χ2v) is 5.12. The van der Waals surface area contributed by atoms with Gasteiger partial charge in [-0.1, -0.05) is 17.7 Å². The maximum atomic E-state index is 12.3. The zero-order valence-electron chi connectivity index (χ0n) is 11.1. The van der Waals surface area contributed by atoms with E-state index >= 15 is 0 Å². The first-order valence-electron chi connectivity index (χ1n) is 6.49. The summed E-state index contributed by atoms with van der Waals surface area (Å²) in [4.78, 5) is 31.0. The molecule has 2 amide bonds. The van der Waals surface area contributed by atoms with Gasteiger partial charge < -0.3 is 10.6 Å². The number of nitrogens with zero attached hydrogens (tertiary/aromatic N) is 3. The van der Waals surface area contributed by atoms with Crippen LogP contribution in [0.1, 0.15) is 16.9 Å². The molecule has 7 heteroatoms. The van der Waals surface area contributed by atoms with Gasteiger partial charge in [0, 0.05) is 26.2 Å². The van der Waals surface area contributed by atoms with E-state index in [4.69, 9.17) is 17.3 Å². The predicted octanol–water partition coefficient (Wildman–Crippen LogP) is 0.368. The highest BCUT2D eigenvalue weighted by Crippen LogP contribution is 2.10. The van der Waals surface area contributed by atoms with Gasteiger partial charge in [0.1, 0.15) is 10.8 Å². The Morgan fingerprint density at radius 3 is 2.75 bits per heavy atom. The number of carbonyl (C=O) groups excluding carboxylic acids is 2. The van der Waals surface area contributed by atoms with Gasteiger partial charge in [0.05, 0.1) is 6.54 Å². The Bertz CT molecular complexity index is 509. The molecule has 1 aromatic heterocycles. The number of pyridine rings is 1. The molecule has 0 atom stereocenters. The summed E-state index contributed by atoms with van der Waals surface area (Å²) < 4.78 is 0. The van der Waals surface area contributed by atoms with E-state index in [1.165, 1.54) is 0 Å². The number of aromatic nitrogens is 1. The summed E-state index contributed by atoms with van der Waals surface area (Å²) in [5.74, 6) is -0.477. The molecule has 6 nitrogen and oxygen atoms in total. The standard InChI is InChI=1S/C13H17ClN4O2/c14-11-4-1-3-10(16-11)13(20)18-6-2-5-17(7-8-18)9-12(15)19/h1,3-4H,2,5-9H2,(H2,15,19). The molecule has 0 bridgehead atoms. The molecule has 1 aromatic rings. The summed E-state index contributed by atoms with van der Waals surface area (Å²) in [6, 6.07) is 5.00. The van der Waals surface area contributed by atoms with Gasteiger partial charge in [0.2, 0.25) is 5.91 Å². The van der Waals surface area contributed by atoms with Crippen molar-refractivity contribution in [1.82, 2.24) is 14.8 Å². The van der Waals surface area contributed by atoms with Crippen LogP contribution in [0.5, 0.6) is 0 Å². The van der Waals surface area contributed by atoms with Gasteiger partial charge in [-0.2, -0.15) is 0 Å². The fourth-order valence-corrected chi connectivity index (χ4v) is 2.41. The normalized spacial score (nSPS) is 16.8. The van der Waals surface area contributed by atoms with Gasteiger partial charge in [0.15, 0.2) is 0 Å². The zero-order valence-corrected chi connectivity index (χ0v) is 11.8. The van der Waals surface area contributed by atoms with E-state index < -0.39 is 0 Å². The van der Waals surface area contributed by atoms with Crippen molar-refractivity contribution in [3.05, 3.63) is 29.0 Å². The lowest BCUT2D eigenvalue weighted by molar-refractivity contribution is -0.119. The highest BCUT2D eigenvalue weighted by Gasteiger charge is 2.21. The summed E-state index contributed by atoms with van der Waals surface area (Å²) in [5.41, 5.74) is 5.54. The number of hydrogen-bond donors (Lipinski definition) is 1. The van der Waals surface area contributed by atoms with Crippen LogP contribution in [0.4, 0.5) is 0 Å². The minimum Gasteiger partial charge on any atom is -0.369 e. The molecule has 0 aliphatic carbocycles. The minimum atomic E-state index is -0.346. The summed E-state index contributed by atoms with van der Waals surface area (Å²) in [6.07, 6.45) is 0.805. The molecule has 2 heterocycles. The second-order valence-electron chi connectivity index (χ2n) is 4.73. The number of primary amides is 1. The van der Waals surface area contributed by atoms with Crippen molar-refractivity contribution in [1.29, 1.82) is 0 Å². The molecule has 0 radical (unpaired) electrons. The predicted molar refractivity (Wildman–Crippen MR) is 75.4 cm³/mol. The number of carbonyl (C=O) groups is 2. The zero-order chi connectivity index (χ0) is 14.5. The SMILES string of the molecule is NC(=O)CN1CCCN(C(=O)c2cccc(Cl)n2)CC1. The molecule has 1 aliphatic heterocycles. The first-order valence-corrected chi connectivity index (χ1v) is 6.86. The lowest BCUT2D eigenvalue weighted by atomic mass is 10.3. The summed E-state index contributed by atoms with van der Waals surface area (Å²) in [5, 5.41) is 0.307.